The van der Waals surface area contributed by atoms with E-state index in [2.05, 4.69) is 14.6 Å². The van der Waals surface area contributed by atoms with E-state index in [1.165, 1.54) is 0 Å². The molecule has 1 aliphatic heterocycles. The van der Waals surface area contributed by atoms with Crippen molar-refractivity contribution in [3.63, 3.8) is 0 Å². The Morgan fingerprint density at radius 2 is 1.52 bits per heavy atom. The van der Waals surface area contributed by atoms with E-state index in [-0.39, 0.29) is 5.92 Å². The highest BCUT2D eigenvalue weighted by Gasteiger charge is 2.45. The van der Waals surface area contributed by atoms with Crippen LogP contribution >= 0.6 is 23.2 Å². The standard InChI is InChI=1S/C25H25Cl2F4N3O5S/c1-40(37,38)34(39-24(36)25(29,30)31)23(35)21-12-20(16-2-3-16)17(10-22(21)28)14-33-6-4-32(5-7-33)13-15-8-18(26)11-19(27)9-15/h8-12,16H,2-7,13-14H2,1H3. The number of alkyl halides is 3. The third kappa shape index (κ3) is 7.64. The lowest BCUT2D eigenvalue weighted by atomic mass is 9.98. The number of carbonyl (C=O) groups is 2. The molecule has 0 atom stereocenters. The molecule has 15 heteroatoms. The summed E-state index contributed by atoms with van der Waals surface area (Å²) in [6.07, 6.45) is -3.71. The van der Waals surface area contributed by atoms with Crippen molar-refractivity contribution in [1.29, 1.82) is 0 Å². The minimum absolute atomic E-state index is 0.0135. The summed E-state index contributed by atoms with van der Waals surface area (Å²) < 4.78 is 76.3. The molecule has 40 heavy (non-hydrogen) atoms. The molecule has 1 saturated heterocycles. The first kappa shape index (κ1) is 30.5. The Morgan fingerprint density at radius 1 is 0.975 bits per heavy atom. The Hall–Kier alpha value is -2.45. The predicted molar refractivity (Wildman–Crippen MR) is 139 cm³/mol. The molecule has 0 aromatic heterocycles. The van der Waals surface area contributed by atoms with Gasteiger partial charge in [-0.3, -0.25) is 14.6 Å². The number of benzene rings is 2. The number of sulfonamides is 1. The highest BCUT2D eigenvalue weighted by atomic mass is 35.5. The average Bonchev–Trinajstić information content (AvgIpc) is 3.67. The summed E-state index contributed by atoms with van der Waals surface area (Å²) in [5, 5.41) is 1.10. The maximum atomic E-state index is 15.2. The normalized spacial score (nSPS) is 17.1. The monoisotopic (exact) mass is 625 g/mol. The summed E-state index contributed by atoms with van der Waals surface area (Å²) in [6, 6.07) is 7.59. The minimum Gasteiger partial charge on any atom is -0.314 e. The van der Waals surface area contributed by atoms with Crippen LogP contribution < -0.4 is 0 Å². The highest BCUT2D eigenvalue weighted by molar-refractivity contribution is 7.88. The number of piperazine rings is 1. The number of halogens is 6. The molecule has 4 rings (SSSR count). The fraction of sp³-hybridized carbons (Fsp3) is 0.440. The SMILES string of the molecule is CS(=O)(=O)N(OC(=O)C(F)(F)F)C(=O)c1cc(C2CC2)c(CN2CCN(Cc3cc(Cl)cc(Cl)c3)CC2)cc1F. The zero-order chi connectivity index (χ0) is 29.4. The van der Waals surface area contributed by atoms with Crippen LogP contribution in [0.5, 0.6) is 0 Å². The summed E-state index contributed by atoms with van der Waals surface area (Å²) in [5.74, 6) is -5.82. The Balaban J connectivity index is 1.48. The van der Waals surface area contributed by atoms with Gasteiger partial charge in [-0.15, -0.1) is 0 Å². The third-order valence-electron chi connectivity index (χ3n) is 6.53. The molecule has 0 N–H and O–H groups in total. The predicted octanol–water partition coefficient (Wildman–Crippen LogP) is 4.75. The molecule has 0 spiro atoms. The van der Waals surface area contributed by atoms with E-state index < -0.39 is 43.9 Å². The first-order valence-corrected chi connectivity index (χ1v) is 14.8. The Bertz CT molecular complexity index is 1390. The lowest BCUT2D eigenvalue weighted by Gasteiger charge is -2.35. The molecular formula is C25H25Cl2F4N3O5S. The quantitative estimate of drug-likeness (QED) is 0.324. The van der Waals surface area contributed by atoms with Gasteiger partial charge in [-0.1, -0.05) is 27.7 Å². The minimum atomic E-state index is -5.57. The lowest BCUT2D eigenvalue weighted by molar-refractivity contribution is -0.216. The molecule has 0 unspecified atom stereocenters. The van der Waals surface area contributed by atoms with Crippen LogP contribution in [0.2, 0.25) is 10.0 Å². The van der Waals surface area contributed by atoms with Crippen molar-refractivity contribution in [3.8, 4) is 0 Å². The van der Waals surface area contributed by atoms with E-state index in [0.29, 0.717) is 53.6 Å². The van der Waals surface area contributed by atoms with Crippen LogP contribution in [0.3, 0.4) is 0 Å². The first-order valence-electron chi connectivity index (χ1n) is 12.2. The van der Waals surface area contributed by atoms with Crippen LogP contribution in [-0.4, -0.2) is 73.2 Å². The summed E-state index contributed by atoms with van der Waals surface area (Å²) >= 11 is 12.2. The molecule has 1 amide bonds. The molecule has 218 valence electrons. The number of hydroxylamine groups is 1. The van der Waals surface area contributed by atoms with E-state index >= 15 is 4.39 Å². The van der Waals surface area contributed by atoms with Crippen molar-refractivity contribution < 1.29 is 40.4 Å². The molecule has 2 aromatic carbocycles. The van der Waals surface area contributed by atoms with Gasteiger partial charge in [0, 0.05) is 49.3 Å². The molecule has 2 aromatic rings. The second-order valence-corrected chi connectivity index (χ2v) is 12.5. The smallest absolute Gasteiger partial charge is 0.314 e. The van der Waals surface area contributed by atoms with E-state index in [1.807, 2.05) is 12.1 Å². The molecule has 1 saturated carbocycles. The number of nitrogens with zero attached hydrogens (tertiary/aromatic N) is 3. The largest absolute Gasteiger partial charge is 0.493 e. The summed E-state index contributed by atoms with van der Waals surface area (Å²) in [6.45, 7) is 3.77. The number of hydrogen-bond acceptors (Lipinski definition) is 7. The van der Waals surface area contributed by atoms with Gasteiger partial charge in [0.05, 0.1) is 11.8 Å². The van der Waals surface area contributed by atoms with Gasteiger partial charge in [-0.2, -0.15) is 13.2 Å². The van der Waals surface area contributed by atoms with Crippen LogP contribution in [0, 0.1) is 5.82 Å². The van der Waals surface area contributed by atoms with Gasteiger partial charge in [0.25, 0.3) is 10.0 Å². The molecule has 0 bridgehead atoms. The van der Waals surface area contributed by atoms with Crippen LogP contribution in [0.25, 0.3) is 0 Å². The van der Waals surface area contributed by atoms with Crippen LogP contribution in [0.1, 0.15) is 45.8 Å². The fourth-order valence-electron chi connectivity index (χ4n) is 4.50. The molecule has 2 aliphatic rings. The Morgan fingerprint density at radius 3 is 2.02 bits per heavy atom. The van der Waals surface area contributed by atoms with E-state index in [1.54, 1.807) is 6.07 Å². The molecule has 2 fully saturated rings. The second-order valence-electron chi connectivity index (χ2n) is 9.81. The zero-order valence-electron chi connectivity index (χ0n) is 21.2. The van der Waals surface area contributed by atoms with Gasteiger partial charge in [0.1, 0.15) is 5.82 Å². The molecule has 1 aliphatic carbocycles. The topological polar surface area (TPSA) is 87.2 Å². The Labute approximate surface area is 238 Å². The highest BCUT2D eigenvalue weighted by Crippen LogP contribution is 2.43. The summed E-state index contributed by atoms with van der Waals surface area (Å²) in [4.78, 5) is 32.2. The van der Waals surface area contributed by atoms with Crippen molar-refractivity contribution in [2.75, 3.05) is 32.4 Å². The maximum absolute atomic E-state index is 15.2. The summed E-state index contributed by atoms with van der Waals surface area (Å²) in [5.41, 5.74) is 1.35. The van der Waals surface area contributed by atoms with Gasteiger partial charge in [0.15, 0.2) is 0 Å². The number of amides is 1. The van der Waals surface area contributed by atoms with Crippen molar-refractivity contribution in [2.24, 2.45) is 0 Å². The van der Waals surface area contributed by atoms with Gasteiger partial charge >= 0.3 is 18.1 Å². The molecule has 8 nitrogen and oxygen atoms in total. The fourth-order valence-corrected chi connectivity index (χ4v) is 5.67. The maximum Gasteiger partial charge on any atom is 0.493 e. The van der Waals surface area contributed by atoms with Crippen LogP contribution in [0.15, 0.2) is 30.3 Å². The van der Waals surface area contributed by atoms with E-state index in [0.717, 1.165) is 43.6 Å². The van der Waals surface area contributed by atoms with Gasteiger partial charge in [-0.25, -0.2) is 17.6 Å². The molecular weight excluding hydrogens is 601 g/mol. The van der Waals surface area contributed by atoms with Crippen molar-refractivity contribution in [2.45, 2.75) is 38.0 Å². The van der Waals surface area contributed by atoms with E-state index in [4.69, 9.17) is 23.2 Å². The lowest BCUT2D eigenvalue weighted by Crippen LogP contribution is -2.45. The van der Waals surface area contributed by atoms with E-state index in [9.17, 15) is 31.2 Å². The van der Waals surface area contributed by atoms with Crippen molar-refractivity contribution >= 4 is 45.1 Å². The molecule has 0 radical (unpaired) electrons. The van der Waals surface area contributed by atoms with Crippen molar-refractivity contribution in [1.82, 2.24) is 14.3 Å². The Kier molecular flexibility index (Phi) is 9.00. The number of rotatable bonds is 7. The number of carbonyl (C=O) groups excluding carboxylic acids is 2. The van der Waals surface area contributed by atoms with Crippen LogP contribution in [-0.2, 0) is 32.7 Å². The number of hydrogen-bond donors (Lipinski definition) is 0. The zero-order valence-corrected chi connectivity index (χ0v) is 23.5. The molecule has 1 heterocycles. The van der Waals surface area contributed by atoms with Gasteiger partial charge in [-0.05, 0) is 65.8 Å². The average molecular weight is 626 g/mol. The van der Waals surface area contributed by atoms with Gasteiger partial charge in [0.2, 0.25) is 0 Å². The summed E-state index contributed by atoms with van der Waals surface area (Å²) in [7, 11) is -4.82. The third-order valence-corrected chi connectivity index (χ3v) is 7.81. The van der Waals surface area contributed by atoms with Crippen LogP contribution in [0.4, 0.5) is 17.6 Å². The van der Waals surface area contributed by atoms with Crippen molar-refractivity contribution in [3.05, 3.63) is 68.4 Å². The first-order chi connectivity index (χ1) is 18.6. The second kappa shape index (κ2) is 11.8. The van der Waals surface area contributed by atoms with Gasteiger partial charge < -0.3 is 4.84 Å².